The lowest BCUT2D eigenvalue weighted by Crippen LogP contribution is -2.34. The third-order valence-corrected chi connectivity index (χ3v) is 4.37. The molecule has 0 saturated heterocycles. The van der Waals surface area contributed by atoms with Crippen LogP contribution >= 0.6 is 11.6 Å². The summed E-state index contributed by atoms with van der Waals surface area (Å²) in [4.78, 5) is 0. The Balaban J connectivity index is 2.11. The number of halogens is 1. The van der Waals surface area contributed by atoms with E-state index in [0.717, 1.165) is 18.4 Å². The molecule has 3 nitrogen and oxygen atoms in total. The second kappa shape index (κ2) is 6.60. The first-order chi connectivity index (χ1) is 9.13. The van der Waals surface area contributed by atoms with Gasteiger partial charge in [-0.3, -0.25) is 0 Å². The van der Waals surface area contributed by atoms with E-state index in [2.05, 4.69) is 0 Å². The van der Waals surface area contributed by atoms with Crippen molar-refractivity contribution in [2.45, 2.75) is 44.2 Å². The first-order valence-corrected chi connectivity index (χ1v) is 7.28. The monoisotopic (exact) mass is 283 g/mol. The van der Waals surface area contributed by atoms with Gasteiger partial charge in [0.05, 0.1) is 24.3 Å². The Bertz CT molecular complexity index is 419. The fourth-order valence-electron chi connectivity index (χ4n) is 2.85. The predicted molar refractivity (Wildman–Crippen MR) is 77.5 cm³/mol. The lowest BCUT2D eigenvalue weighted by atomic mass is 9.81. The first-order valence-electron chi connectivity index (χ1n) is 6.90. The maximum Gasteiger partial charge on any atom is 0.137 e. The van der Waals surface area contributed by atoms with Crippen LogP contribution in [0.4, 0.5) is 0 Å². The fourth-order valence-corrected chi connectivity index (χ4v) is 3.04. The van der Waals surface area contributed by atoms with E-state index < -0.39 is 6.10 Å². The highest BCUT2D eigenvalue weighted by atomic mass is 35.5. The van der Waals surface area contributed by atoms with E-state index in [1.165, 1.54) is 19.3 Å². The number of nitrogens with two attached hydrogens (primary N) is 1. The molecule has 0 heterocycles. The van der Waals surface area contributed by atoms with Crippen molar-refractivity contribution < 1.29 is 9.84 Å². The molecular weight excluding hydrogens is 262 g/mol. The standard InChI is InChI=1S/C15H22ClNO2/c1-19-13-9-11(7-8-12(13)16)14(17)15(18)10-5-3-2-4-6-10/h7-10,14-15,18H,2-6,17H2,1H3/t14-,15+/m0/s1. The van der Waals surface area contributed by atoms with Crippen LogP contribution in [0.5, 0.6) is 5.75 Å². The summed E-state index contributed by atoms with van der Waals surface area (Å²) in [7, 11) is 1.58. The zero-order valence-electron chi connectivity index (χ0n) is 11.3. The second-order valence-corrected chi connectivity index (χ2v) is 5.72. The molecule has 2 rings (SSSR count). The smallest absolute Gasteiger partial charge is 0.137 e. The molecular formula is C15H22ClNO2. The summed E-state index contributed by atoms with van der Waals surface area (Å²) in [5.74, 6) is 0.913. The number of hydrogen-bond donors (Lipinski definition) is 2. The summed E-state index contributed by atoms with van der Waals surface area (Å²) in [6.07, 6.45) is 5.30. The Morgan fingerprint density at radius 1 is 1.32 bits per heavy atom. The molecule has 1 saturated carbocycles. The number of methoxy groups -OCH3 is 1. The minimum Gasteiger partial charge on any atom is -0.495 e. The van der Waals surface area contributed by atoms with E-state index in [1.807, 2.05) is 12.1 Å². The molecule has 1 aromatic rings. The Morgan fingerprint density at radius 2 is 2.00 bits per heavy atom. The lowest BCUT2D eigenvalue weighted by Gasteiger charge is -2.30. The highest BCUT2D eigenvalue weighted by Crippen LogP contribution is 2.33. The van der Waals surface area contributed by atoms with Crippen LogP contribution in [-0.2, 0) is 0 Å². The average molecular weight is 284 g/mol. The van der Waals surface area contributed by atoms with Gasteiger partial charge in [0.1, 0.15) is 5.75 Å². The van der Waals surface area contributed by atoms with Crippen molar-refractivity contribution in [2.24, 2.45) is 11.7 Å². The topological polar surface area (TPSA) is 55.5 Å². The van der Waals surface area contributed by atoms with Crippen molar-refractivity contribution in [1.29, 1.82) is 0 Å². The molecule has 3 N–H and O–H groups in total. The quantitative estimate of drug-likeness (QED) is 0.891. The Labute approximate surface area is 119 Å². The summed E-state index contributed by atoms with van der Waals surface area (Å²) in [6, 6.07) is 5.07. The molecule has 4 heteroatoms. The molecule has 1 fully saturated rings. The van der Waals surface area contributed by atoms with E-state index in [0.29, 0.717) is 16.7 Å². The van der Waals surface area contributed by atoms with Gasteiger partial charge in [-0.05, 0) is 36.5 Å². The van der Waals surface area contributed by atoms with Gasteiger partial charge in [0.2, 0.25) is 0 Å². The Kier molecular flexibility index (Phi) is 5.08. The van der Waals surface area contributed by atoms with E-state index >= 15 is 0 Å². The number of aliphatic hydroxyl groups excluding tert-OH is 1. The molecule has 0 bridgehead atoms. The molecule has 0 aliphatic heterocycles. The number of benzene rings is 1. The van der Waals surface area contributed by atoms with Gasteiger partial charge < -0.3 is 15.6 Å². The number of aliphatic hydroxyl groups is 1. The predicted octanol–water partition coefficient (Wildman–Crippen LogP) is 3.29. The van der Waals surface area contributed by atoms with Gasteiger partial charge in [0.15, 0.2) is 0 Å². The van der Waals surface area contributed by atoms with Crippen LogP contribution < -0.4 is 10.5 Å². The van der Waals surface area contributed by atoms with Crippen molar-refractivity contribution >= 4 is 11.6 Å². The van der Waals surface area contributed by atoms with Gasteiger partial charge in [-0.25, -0.2) is 0 Å². The van der Waals surface area contributed by atoms with Crippen molar-refractivity contribution in [3.8, 4) is 5.75 Å². The normalized spacial score (nSPS) is 20.0. The van der Waals surface area contributed by atoms with Crippen molar-refractivity contribution in [3.05, 3.63) is 28.8 Å². The van der Waals surface area contributed by atoms with Crippen molar-refractivity contribution in [3.63, 3.8) is 0 Å². The zero-order valence-corrected chi connectivity index (χ0v) is 12.1. The number of hydrogen-bond acceptors (Lipinski definition) is 3. The molecule has 19 heavy (non-hydrogen) atoms. The Morgan fingerprint density at radius 3 is 2.63 bits per heavy atom. The first kappa shape index (κ1) is 14.6. The maximum atomic E-state index is 10.4. The molecule has 2 atom stereocenters. The van der Waals surface area contributed by atoms with Gasteiger partial charge in [0.25, 0.3) is 0 Å². The van der Waals surface area contributed by atoms with Gasteiger partial charge >= 0.3 is 0 Å². The summed E-state index contributed by atoms with van der Waals surface area (Å²) >= 11 is 6.00. The molecule has 0 spiro atoms. The highest BCUT2D eigenvalue weighted by molar-refractivity contribution is 6.32. The maximum absolute atomic E-state index is 10.4. The third kappa shape index (κ3) is 3.41. The van der Waals surface area contributed by atoms with E-state index in [-0.39, 0.29) is 6.04 Å². The van der Waals surface area contributed by atoms with Gasteiger partial charge in [-0.15, -0.1) is 0 Å². The van der Waals surface area contributed by atoms with Gasteiger partial charge in [0, 0.05) is 0 Å². The molecule has 0 unspecified atom stereocenters. The van der Waals surface area contributed by atoms with Crippen LogP contribution in [0, 0.1) is 5.92 Å². The molecule has 0 aromatic heterocycles. The molecule has 1 aromatic carbocycles. The van der Waals surface area contributed by atoms with Crippen LogP contribution in [0.15, 0.2) is 18.2 Å². The van der Waals surface area contributed by atoms with Crippen LogP contribution in [0.25, 0.3) is 0 Å². The van der Waals surface area contributed by atoms with Crippen LogP contribution in [0.2, 0.25) is 5.02 Å². The van der Waals surface area contributed by atoms with Crippen molar-refractivity contribution in [1.82, 2.24) is 0 Å². The summed E-state index contributed by atoms with van der Waals surface area (Å²) in [6.45, 7) is 0. The second-order valence-electron chi connectivity index (χ2n) is 5.31. The van der Waals surface area contributed by atoms with Crippen LogP contribution in [0.3, 0.4) is 0 Å². The molecule has 1 aliphatic rings. The summed E-state index contributed by atoms with van der Waals surface area (Å²) in [5.41, 5.74) is 7.07. The molecule has 1 aliphatic carbocycles. The summed E-state index contributed by atoms with van der Waals surface area (Å²) in [5, 5.41) is 11.0. The molecule has 106 valence electrons. The average Bonchev–Trinajstić information content (AvgIpc) is 2.47. The van der Waals surface area contributed by atoms with E-state index in [4.69, 9.17) is 22.1 Å². The third-order valence-electron chi connectivity index (χ3n) is 4.06. The zero-order chi connectivity index (χ0) is 13.8. The van der Waals surface area contributed by atoms with Crippen LogP contribution in [0.1, 0.15) is 43.7 Å². The highest BCUT2D eigenvalue weighted by Gasteiger charge is 2.27. The number of rotatable bonds is 4. The van der Waals surface area contributed by atoms with Gasteiger partial charge in [-0.1, -0.05) is 36.9 Å². The van der Waals surface area contributed by atoms with E-state index in [9.17, 15) is 5.11 Å². The van der Waals surface area contributed by atoms with Crippen LogP contribution in [-0.4, -0.2) is 18.3 Å². The van der Waals surface area contributed by atoms with E-state index in [1.54, 1.807) is 13.2 Å². The lowest BCUT2D eigenvalue weighted by molar-refractivity contribution is 0.0617. The van der Waals surface area contributed by atoms with Gasteiger partial charge in [-0.2, -0.15) is 0 Å². The SMILES string of the molecule is COc1cc([C@H](N)[C@H](O)C2CCCCC2)ccc1Cl. The summed E-state index contributed by atoms with van der Waals surface area (Å²) < 4.78 is 5.19. The molecule has 0 radical (unpaired) electrons. The Hall–Kier alpha value is -0.770. The number of ether oxygens (including phenoxy) is 1. The van der Waals surface area contributed by atoms with Crippen molar-refractivity contribution in [2.75, 3.05) is 7.11 Å². The minimum absolute atomic E-state index is 0.311. The molecule has 0 amide bonds. The fraction of sp³-hybridized carbons (Fsp3) is 0.600. The largest absolute Gasteiger partial charge is 0.495 e. The minimum atomic E-state index is -0.494.